The quantitative estimate of drug-likeness (QED) is 0.289. The van der Waals surface area contributed by atoms with E-state index >= 15 is 0 Å². The third-order valence-electron chi connectivity index (χ3n) is 7.47. The van der Waals surface area contributed by atoms with Crippen molar-refractivity contribution in [3.63, 3.8) is 0 Å². The topological polar surface area (TPSA) is 51.1 Å². The van der Waals surface area contributed by atoms with Crippen molar-refractivity contribution in [2.75, 3.05) is 11.5 Å². The number of fused-ring (bicyclic) bond motifs is 3. The highest BCUT2D eigenvalue weighted by atomic mass is 35.5. The van der Waals surface area contributed by atoms with Crippen molar-refractivity contribution >= 4 is 28.9 Å². The van der Waals surface area contributed by atoms with Gasteiger partial charge in [-0.05, 0) is 88.9 Å². The van der Waals surface area contributed by atoms with Crippen LogP contribution in [-0.4, -0.2) is 35.5 Å². The molecule has 0 aliphatic carbocycles. The molecule has 0 radical (unpaired) electrons. The molecule has 9 heteroatoms. The number of aliphatic imine (C=N–C) groups is 1. The van der Waals surface area contributed by atoms with Crippen LogP contribution in [0.2, 0.25) is 5.02 Å². The molecular formula is C33H34ClF3N2O3. The molecule has 5 rings (SSSR count). The number of aryl methyl sites for hydroxylation is 1. The van der Waals surface area contributed by atoms with Crippen LogP contribution in [0.1, 0.15) is 68.0 Å². The van der Waals surface area contributed by atoms with Gasteiger partial charge >= 0.3 is 12.1 Å². The number of carbonyl (C=O) groups is 1. The van der Waals surface area contributed by atoms with Crippen LogP contribution in [0, 0.1) is 6.92 Å². The summed E-state index contributed by atoms with van der Waals surface area (Å²) in [4.78, 5) is 18.7. The maximum Gasteiger partial charge on any atom is 0.471 e. The molecular weight excluding hydrogens is 565 g/mol. The van der Waals surface area contributed by atoms with Crippen molar-refractivity contribution < 1.29 is 27.4 Å². The van der Waals surface area contributed by atoms with E-state index in [1.165, 1.54) is 0 Å². The Morgan fingerprint density at radius 1 is 1.10 bits per heavy atom. The van der Waals surface area contributed by atoms with Crippen LogP contribution in [0.3, 0.4) is 0 Å². The third-order valence-corrected chi connectivity index (χ3v) is 7.71. The van der Waals surface area contributed by atoms with Crippen LogP contribution >= 0.6 is 11.6 Å². The molecule has 0 saturated heterocycles. The second kappa shape index (κ2) is 10.6. The highest BCUT2D eigenvalue weighted by Crippen LogP contribution is 2.48. The smallest absolute Gasteiger partial charge is 0.471 e. The molecule has 5 nitrogen and oxygen atoms in total. The number of rotatable bonds is 6. The van der Waals surface area contributed by atoms with Gasteiger partial charge in [-0.25, -0.2) is 0 Å². The summed E-state index contributed by atoms with van der Waals surface area (Å²) in [7, 11) is 0. The summed E-state index contributed by atoms with van der Waals surface area (Å²) < 4.78 is 54.0. The molecule has 2 aliphatic heterocycles. The Labute approximate surface area is 249 Å². The van der Waals surface area contributed by atoms with Crippen molar-refractivity contribution in [1.29, 1.82) is 0 Å². The average Bonchev–Trinajstić information content (AvgIpc) is 3.21. The number of benzene rings is 3. The van der Waals surface area contributed by atoms with Crippen LogP contribution < -0.4 is 14.4 Å². The van der Waals surface area contributed by atoms with Crippen molar-refractivity contribution in [2.45, 2.75) is 78.2 Å². The van der Waals surface area contributed by atoms with Gasteiger partial charge in [0, 0.05) is 33.8 Å². The number of hydrogen-bond acceptors (Lipinski definition) is 4. The Morgan fingerprint density at radius 2 is 1.83 bits per heavy atom. The SMILES string of the molecule is CCOc1cc2c(c3c1OC(C)(C)C3)C(c1ccc(C)c(N(Cc3cccc(Cl)c3)C(=O)C(F)(F)F)c1)=NC(C)(C)C2. The monoisotopic (exact) mass is 598 g/mol. The fraction of sp³-hybridized carbons (Fsp3) is 0.394. The zero-order chi connectivity index (χ0) is 30.6. The molecule has 0 saturated carbocycles. The first-order valence-electron chi connectivity index (χ1n) is 13.9. The lowest BCUT2D eigenvalue weighted by Crippen LogP contribution is -2.41. The lowest BCUT2D eigenvalue weighted by atomic mass is 9.80. The van der Waals surface area contributed by atoms with Crippen LogP contribution in [0.4, 0.5) is 18.9 Å². The molecule has 2 aliphatic rings. The minimum absolute atomic E-state index is 0.154. The summed E-state index contributed by atoms with van der Waals surface area (Å²) in [6.45, 7) is 11.9. The Hall–Kier alpha value is -3.52. The van der Waals surface area contributed by atoms with E-state index in [9.17, 15) is 18.0 Å². The summed E-state index contributed by atoms with van der Waals surface area (Å²) in [5, 5.41) is 0.373. The molecule has 0 fully saturated rings. The summed E-state index contributed by atoms with van der Waals surface area (Å²) in [5.74, 6) is -0.594. The maximum absolute atomic E-state index is 13.9. The third kappa shape index (κ3) is 5.87. The van der Waals surface area contributed by atoms with E-state index < -0.39 is 23.2 Å². The van der Waals surface area contributed by atoms with E-state index in [0.29, 0.717) is 58.4 Å². The molecule has 222 valence electrons. The van der Waals surface area contributed by atoms with E-state index in [0.717, 1.165) is 21.6 Å². The first-order valence-corrected chi connectivity index (χ1v) is 14.3. The van der Waals surface area contributed by atoms with Gasteiger partial charge in [-0.3, -0.25) is 14.7 Å². The molecule has 0 N–H and O–H groups in total. The highest BCUT2D eigenvalue weighted by molar-refractivity contribution is 6.30. The second-order valence-electron chi connectivity index (χ2n) is 12.2. The zero-order valence-electron chi connectivity index (χ0n) is 24.6. The fourth-order valence-corrected chi connectivity index (χ4v) is 6.04. The minimum Gasteiger partial charge on any atom is -0.490 e. The molecule has 42 heavy (non-hydrogen) atoms. The molecule has 0 spiro atoms. The number of carbonyl (C=O) groups excluding carboxylic acids is 1. The maximum atomic E-state index is 13.9. The van der Waals surface area contributed by atoms with Gasteiger partial charge in [-0.15, -0.1) is 0 Å². The van der Waals surface area contributed by atoms with E-state index in [4.69, 9.17) is 26.1 Å². The van der Waals surface area contributed by atoms with Crippen molar-refractivity contribution in [3.05, 3.63) is 86.9 Å². The highest BCUT2D eigenvalue weighted by Gasteiger charge is 2.44. The molecule has 3 aromatic carbocycles. The van der Waals surface area contributed by atoms with E-state index in [1.807, 2.05) is 46.8 Å². The normalized spacial score (nSPS) is 16.7. The average molecular weight is 599 g/mol. The van der Waals surface area contributed by atoms with Crippen molar-refractivity contribution in [3.8, 4) is 11.5 Å². The van der Waals surface area contributed by atoms with Gasteiger partial charge < -0.3 is 9.47 Å². The summed E-state index contributed by atoms with van der Waals surface area (Å²) in [6, 6.07) is 13.7. The standard InChI is InChI=1S/C33H34ClF3N2O3/c1-7-41-26-15-22-16-31(3,4)38-28(27(22)24-17-32(5,6)42-29(24)26)21-12-11-19(2)25(14-21)39(30(40)33(35,36)37)18-20-9-8-10-23(34)13-20/h8-15H,7,16-18H2,1-6H3. The lowest BCUT2D eigenvalue weighted by Gasteiger charge is -2.32. The van der Waals surface area contributed by atoms with Gasteiger partial charge in [0.05, 0.1) is 24.4 Å². The molecule has 0 aromatic heterocycles. The predicted octanol–water partition coefficient (Wildman–Crippen LogP) is 8.03. The van der Waals surface area contributed by atoms with Gasteiger partial charge in [0.1, 0.15) is 5.60 Å². The van der Waals surface area contributed by atoms with Gasteiger partial charge in [0.2, 0.25) is 0 Å². The van der Waals surface area contributed by atoms with Gasteiger partial charge in [0.25, 0.3) is 0 Å². The molecule has 1 amide bonds. The lowest BCUT2D eigenvalue weighted by molar-refractivity contribution is -0.170. The largest absolute Gasteiger partial charge is 0.490 e. The Bertz CT molecular complexity index is 1590. The Kier molecular flexibility index (Phi) is 7.59. The summed E-state index contributed by atoms with van der Waals surface area (Å²) >= 11 is 6.11. The molecule has 3 aromatic rings. The van der Waals surface area contributed by atoms with Crippen LogP contribution in [0.5, 0.6) is 11.5 Å². The number of anilines is 1. The summed E-state index contributed by atoms with van der Waals surface area (Å²) in [6.07, 6.45) is -3.79. The number of ether oxygens (including phenoxy) is 2. The molecule has 0 bridgehead atoms. The number of halogens is 4. The molecule has 0 atom stereocenters. The van der Waals surface area contributed by atoms with Crippen LogP contribution in [0.25, 0.3) is 0 Å². The number of alkyl halides is 3. The number of nitrogens with zero attached hydrogens (tertiary/aromatic N) is 2. The minimum atomic E-state index is -5.07. The summed E-state index contributed by atoms with van der Waals surface area (Å²) in [5.41, 5.74) is 4.41. The first-order chi connectivity index (χ1) is 19.6. The number of hydrogen-bond donors (Lipinski definition) is 0. The van der Waals surface area contributed by atoms with E-state index in [-0.39, 0.29) is 12.2 Å². The molecule has 2 heterocycles. The van der Waals surface area contributed by atoms with Gasteiger partial charge in [-0.1, -0.05) is 35.9 Å². The molecule has 0 unspecified atom stereocenters. The first kappa shape index (κ1) is 30.0. The van der Waals surface area contributed by atoms with Crippen molar-refractivity contribution in [2.24, 2.45) is 4.99 Å². The fourth-order valence-electron chi connectivity index (χ4n) is 5.83. The zero-order valence-corrected chi connectivity index (χ0v) is 25.3. The predicted molar refractivity (Wildman–Crippen MR) is 159 cm³/mol. The van der Waals surface area contributed by atoms with E-state index in [2.05, 4.69) is 0 Å². The van der Waals surface area contributed by atoms with E-state index in [1.54, 1.807) is 43.3 Å². The Balaban J connectivity index is 1.68. The van der Waals surface area contributed by atoms with Crippen molar-refractivity contribution in [1.82, 2.24) is 0 Å². The number of amides is 1. The van der Waals surface area contributed by atoms with Crippen LogP contribution in [-0.2, 0) is 24.2 Å². The Morgan fingerprint density at radius 3 is 2.50 bits per heavy atom. The van der Waals surface area contributed by atoms with Crippen LogP contribution in [0.15, 0.2) is 53.5 Å². The second-order valence-corrected chi connectivity index (χ2v) is 12.6. The van der Waals surface area contributed by atoms with Gasteiger partial charge in [0.15, 0.2) is 11.5 Å². The van der Waals surface area contributed by atoms with Gasteiger partial charge in [-0.2, -0.15) is 13.2 Å².